The highest BCUT2D eigenvalue weighted by Gasteiger charge is 2.16. The molecule has 1 heterocycles. The largest absolute Gasteiger partial charge is 0.256 e. The van der Waals surface area contributed by atoms with Crippen molar-refractivity contribution in [1.29, 1.82) is 0 Å². The van der Waals surface area contributed by atoms with Crippen molar-refractivity contribution in [2.45, 2.75) is 278 Å². The van der Waals surface area contributed by atoms with Crippen LogP contribution in [0.25, 0.3) is 0 Å². The molecule has 2 nitrogen and oxygen atoms in total. The van der Waals surface area contributed by atoms with Crippen molar-refractivity contribution in [3.8, 4) is 0 Å². The standard InChI is InChI=1S/C46H91N2/c1-4-7-10-13-16-19-21-23-24-25-27-29-32-35-38-41-46-47(42-39-36-33-30-18-15-12-9-6-3)44-45-48(46)43-40-37-34-31-28-26-22-20-17-14-11-8-5-2/h44-45H,4-43H2,1-3H3/q+1. The third-order valence-electron chi connectivity index (χ3n) is 11.1. The number of aryl methyl sites for hydroxylation is 2. The lowest BCUT2D eigenvalue weighted by atomic mass is 10.0. The molecule has 1 aromatic heterocycles. The highest BCUT2D eigenvalue weighted by atomic mass is 15.1. The van der Waals surface area contributed by atoms with Crippen LogP contribution in [-0.2, 0) is 19.5 Å². The highest BCUT2D eigenvalue weighted by molar-refractivity contribution is 4.84. The van der Waals surface area contributed by atoms with Gasteiger partial charge in [0, 0.05) is 6.42 Å². The van der Waals surface area contributed by atoms with Crippen LogP contribution in [0, 0.1) is 0 Å². The summed E-state index contributed by atoms with van der Waals surface area (Å²) < 4.78 is 5.30. The molecule has 2 heteroatoms. The van der Waals surface area contributed by atoms with E-state index >= 15 is 0 Å². The zero-order valence-electron chi connectivity index (χ0n) is 33.8. The number of rotatable bonds is 40. The smallest absolute Gasteiger partial charge is 0.234 e. The van der Waals surface area contributed by atoms with E-state index in [0.29, 0.717) is 0 Å². The van der Waals surface area contributed by atoms with E-state index in [0.717, 1.165) is 0 Å². The van der Waals surface area contributed by atoms with Crippen LogP contribution < -0.4 is 4.57 Å². The second-order valence-corrected chi connectivity index (χ2v) is 15.9. The van der Waals surface area contributed by atoms with Gasteiger partial charge < -0.3 is 0 Å². The molecule has 0 amide bonds. The third kappa shape index (κ3) is 29.0. The Kier molecular flexibility index (Phi) is 35.3. The molecule has 0 atom stereocenters. The summed E-state index contributed by atoms with van der Waals surface area (Å²) in [4.78, 5) is 0. The fourth-order valence-electron chi connectivity index (χ4n) is 7.74. The molecule has 0 aliphatic rings. The highest BCUT2D eigenvalue weighted by Crippen LogP contribution is 2.16. The molecule has 0 N–H and O–H groups in total. The van der Waals surface area contributed by atoms with Crippen molar-refractivity contribution in [2.24, 2.45) is 0 Å². The predicted octanol–water partition coefficient (Wildman–Crippen LogP) is 15.8. The Labute approximate surface area is 304 Å². The van der Waals surface area contributed by atoms with Gasteiger partial charge in [0.15, 0.2) is 0 Å². The number of imidazole rings is 1. The Bertz CT molecular complexity index is 736. The van der Waals surface area contributed by atoms with E-state index in [1.54, 1.807) is 5.82 Å². The van der Waals surface area contributed by atoms with Crippen LogP contribution in [0.15, 0.2) is 12.4 Å². The second kappa shape index (κ2) is 37.5. The minimum atomic E-state index is 1.23. The predicted molar refractivity (Wildman–Crippen MR) is 216 cm³/mol. The van der Waals surface area contributed by atoms with Crippen molar-refractivity contribution in [3.05, 3.63) is 18.2 Å². The van der Waals surface area contributed by atoms with E-state index in [1.165, 1.54) is 257 Å². The molecule has 1 rings (SSSR count). The molecule has 0 unspecified atom stereocenters. The number of hydrogen-bond acceptors (Lipinski definition) is 0. The molecule has 0 bridgehead atoms. The average Bonchev–Trinajstić information content (AvgIpc) is 3.48. The quantitative estimate of drug-likeness (QED) is 0.0485. The van der Waals surface area contributed by atoms with Crippen molar-refractivity contribution < 1.29 is 4.57 Å². The van der Waals surface area contributed by atoms with Gasteiger partial charge in [0.25, 0.3) is 5.82 Å². The van der Waals surface area contributed by atoms with Gasteiger partial charge in [-0.3, -0.25) is 0 Å². The van der Waals surface area contributed by atoms with E-state index in [2.05, 4.69) is 42.3 Å². The number of unbranched alkanes of at least 4 members (excludes halogenated alkanes) is 34. The van der Waals surface area contributed by atoms with Gasteiger partial charge in [0.05, 0.1) is 13.1 Å². The topological polar surface area (TPSA) is 8.81 Å². The Hall–Kier alpha value is -0.790. The molecule has 0 fully saturated rings. The first-order valence-electron chi connectivity index (χ1n) is 22.9. The Morgan fingerprint density at radius 3 is 1.00 bits per heavy atom. The lowest BCUT2D eigenvalue weighted by Crippen LogP contribution is -2.37. The normalized spacial score (nSPS) is 11.6. The summed E-state index contributed by atoms with van der Waals surface area (Å²) in [7, 11) is 0. The van der Waals surface area contributed by atoms with Crippen molar-refractivity contribution in [3.63, 3.8) is 0 Å². The molecule has 0 radical (unpaired) electrons. The summed E-state index contributed by atoms with van der Waals surface area (Å²) in [6, 6.07) is 0. The molecule has 0 aliphatic heterocycles. The lowest BCUT2D eigenvalue weighted by molar-refractivity contribution is -0.704. The van der Waals surface area contributed by atoms with Crippen LogP contribution in [0.2, 0.25) is 0 Å². The second-order valence-electron chi connectivity index (χ2n) is 15.9. The van der Waals surface area contributed by atoms with Crippen LogP contribution >= 0.6 is 0 Å². The van der Waals surface area contributed by atoms with Crippen molar-refractivity contribution >= 4 is 0 Å². The average molecular weight is 672 g/mol. The van der Waals surface area contributed by atoms with Gasteiger partial charge in [-0.1, -0.05) is 226 Å². The molecular formula is C46H91N2+. The van der Waals surface area contributed by atoms with E-state index in [-0.39, 0.29) is 0 Å². The summed E-state index contributed by atoms with van der Waals surface area (Å²) in [5, 5.41) is 0. The summed E-state index contributed by atoms with van der Waals surface area (Å²) >= 11 is 0. The van der Waals surface area contributed by atoms with Crippen molar-refractivity contribution in [1.82, 2.24) is 4.57 Å². The van der Waals surface area contributed by atoms with E-state index in [4.69, 9.17) is 0 Å². The summed E-state index contributed by atoms with van der Waals surface area (Å²) in [5.41, 5.74) is 0. The van der Waals surface area contributed by atoms with Crippen LogP contribution in [0.5, 0.6) is 0 Å². The maximum atomic E-state index is 2.65. The summed E-state index contributed by atoms with van der Waals surface area (Å²) in [6.45, 7) is 9.41. The van der Waals surface area contributed by atoms with Gasteiger partial charge in [0.2, 0.25) is 0 Å². The third-order valence-corrected chi connectivity index (χ3v) is 11.1. The minimum absolute atomic E-state index is 1.23. The first-order valence-corrected chi connectivity index (χ1v) is 22.9. The number of nitrogens with zero attached hydrogens (tertiary/aromatic N) is 2. The Balaban J connectivity index is 2.26. The number of aromatic nitrogens is 2. The first-order chi connectivity index (χ1) is 23.8. The van der Waals surface area contributed by atoms with E-state index in [1.807, 2.05) is 0 Å². The van der Waals surface area contributed by atoms with Crippen LogP contribution in [-0.4, -0.2) is 4.57 Å². The SMILES string of the molecule is CCCCCCCCCCCCCCCCCc1n(CCCCCCCCCCC)cc[n+]1CCCCCCCCCCCCCCC. The zero-order valence-corrected chi connectivity index (χ0v) is 33.8. The van der Waals surface area contributed by atoms with Crippen LogP contribution in [0.3, 0.4) is 0 Å². The summed E-state index contributed by atoms with van der Waals surface area (Å²) in [6.07, 6.45) is 59.3. The first kappa shape index (κ1) is 45.2. The molecule has 1 aromatic rings. The van der Waals surface area contributed by atoms with Gasteiger partial charge in [-0.05, 0) is 32.1 Å². The molecule has 48 heavy (non-hydrogen) atoms. The molecule has 0 aromatic carbocycles. The molecule has 0 aliphatic carbocycles. The van der Waals surface area contributed by atoms with Gasteiger partial charge in [0.1, 0.15) is 12.4 Å². The van der Waals surface area contributed by atoms with Gasteiger partial charge in [-0.2, -0.15) is 0 Å². The number of hydrogen-bond donors (Lipinski definition) is 0. The summed E-state index contributed by atoms with van der Waals surface area (Å²) in [5.74, 6) is 1.63. The van der Waals surface area contributed by atoms with Gasteiger partial charge in [-0.25, -0.2) is 9.13 Å². The van der Waals surface area contributed by atoms with E-state index < -0.39 is 0 Å². The van der Waals surface area contributed by atoms with E-state index in [9.17, 15) is 0 Å². The van der Waals surface area contributed by atoms with Crippen LogP contribution in [0.1, 0.15) is 264 Å². The Morgan fingerprint density at radius 2 is 0.646 bits per heavy atom. The minimum Gasteiger partial charge on any atom is -0.234 e. The molecule has 0 spiro atoms. The lowest BCUT2D eigenvalue weighted by Gasteiger charge is -2.07. The fraction of sp³-hybridized carbons (Fsp3) is 0.935. The zero-order chi connectivity index (χ0) is 34.4. The molecular weight excluding hydrogens is 581 g/mol. The fourth-order valence-corrected chi connectivity index (χ4v) is 7.74. The maximum Gasteiger partial charge on any atom is 0.256 e. The molecule has 0 saturated carbocycles. The van der Waals surface area contributed by atoms with Gasteiger partial charge >= 0.3 is 0 Å². The van der Waals surface area contributed by atoms with Crippen molar-refractivity contribution in [2.75, 3.05) is 0 Å². The monoisotopic (exact) mass is 672 g/mol. The van der Waals surface area contributed by atoms with Crippen LogP contribution in [0.4, 0.5) is 0 Å². The molecule has 284 valence electrons. The maximum absolute atomic E-state index is 2.65. The molecule has 0 saturated heterocycles. The van der Waals surface area contributed by atoms with Gasteiger partial charge in [-0.15, -0.1) is 0 Å². The Morgan fingerprint density at radius 1 is 0.354 bits per heavy atom.